The SMILES string of the molecule is O=C(NCC(O)c1ccc(F)cc1F)Nc1ccc(Cl)c(C(=O)NC2CC2)c1. The van der Waals surface area contributed by atoms with Crippen LogP contribution in [0.1, 0.15) is 34.9 Å². The van der Waals surface area contributed by atoms with Crippen molar-refractivity contribution in [3.05, 3.63) is 64.2 Å². The fourth-order valence-corrected chi connectivity index (χ4v) is 2.72. The summed E-state index contributed by atoms with van der Waals surface area (Å²) in [4.78, 5) is 24.2. The molecule has 6 nitrogen and oxygen atoms in total. The zero-order valence-electron chi connectivity index (χ0n) is 14.6. The minimum absolute atomic E-state index is 0.132. The Morgan fingerprint density at radius 1 is 1.18 bits per heavy atom. The molecule has 4 N–H and O–H groups in total. The molecule has 0 spiro atoms. The Hall–Kier alpha value is -2.71. The van der Waals surface area contributed by atoms with E-state index in [0.29, 0.717) is 11.8 Å². The van der Waals surface area contributed by atoms with Crippen LogP contribution in [-0.4, -0.2) is 29.6 Å². The molecule has 148 valence electrons. The Bertz CT molecular complexity index is 906. The number of amides is 3. The standard InChI is InChI=1S/C19H18ClF2N3O3/c20-15-6-4-12(8-14(15)18(27)24-11-2-3-11)25-19(28)23-9-17(26)13-5-1-10(21)7-16(13)22/h1,4-8,11,17,26H,2-3,9H2,(H,24,27)(H2,23,25,28). The van der Waals surface area contributed by atoms with Gasteiger partial charge in [-0.05, 0) is 37.1 Å². The minimum Gasteiger partial charge on any atom is -0.386 e. The molecule has 0 aromatic heterocycles. The van der Waals surface area contributed by atoms with Gasteiger partial charge in [0.15, 0.2) is 0 Å². The molecule has 0 aliphatic heterocycles. The van der Waals surface area contributed by atoms with Gasteiger partial charge >= 0.3 is 6.03 Å². The topological polar surface area (TPSA) is 90.5 Å². The molecule has 1 atom stereocenters. The summed E-state index contributed by atoms with van der Waals surface area (Å²) < 4.78 is 26.6. The molecule has 2 aromatic carbocycles. The maximum atomic E-state index is 13.6. The van der Waals surface area contributed by atoms with Gasteiger partial charge in [-0.25, -0.2) is 13.6 Å². The summed E-state index contributed by atoms with van der Waals surface area (Å²) in [5.74, 6) is -1.99. The number of hydrogen-bond donors (Lipinski definition) is 4. The van der Waals surface area contributed by atoms with E-state index in [-0.39, 0.29) is 34.6 Å². The summed E-state index contributed by atoms with van der Waals surface area (Å²) in [6.07, 6.45) is 0.512. The number of hydrogen-bond acceptors (Lipinski definition) is 3. The van der Waals surface area contributed by atoms with Crippen LogP contribution in [-0.2, 0) is 0 Å². The number of aliphatic hydroxyl groups excluding tert-OH is 1. The molecule has 0 heterocycles. The van der Waals surface area contributed by atoms with Gasteiger partial charge in [-0.1, -0.05) is 17.7 Å². The molecule has 1 unspecified atom stereocenters. The van der Waals surface area contributed by atoms with Crippen LogP contribution in [0, 0.1) is 11.6 Å². The first-order chi connectivity index (χ1) is 13.3. The lowest BCUT2D eigenvalue weighted by Gasteiger charge is -2.14. The molecule has 0 radical (unpaired) electrons. The number of urea groups is 1. The first-order valence-electron chi connectivity index (χ1n) is 8.62. The molecular formula is C19H18ClF2N3O3. The predicted molar refractivity (Wildman–Crippen MR) is 100 cm³/mol. The van der Waals surface area contributed by atoms with Gasteiger partial charge in [0.2, 0.25) is 0 Å². The van der Waals surface area contributed by atoms with Crippen LogP contribution < -0.4 is 16.0 Å². The smallest absolute Gasteiger partial charge is 0.319 e. The van der Waals surface area contributed by atoms with Crippen molar-refractivity contribution in [2.45, 2.75) is 25.0 Å². The Morgan fingerprint density at radius 2 is 1.93 bits per heavy atom. The summed E-state index contributed by atoms with van der Waals surface area (Å²) in [6.45, 7) is -0.295. The van der Waals surface area contributed by atoms with Crippen LogP contribution in [0.2, 0.25) is 5.02 Å². The maximum Gasteiger partial charge on any atom is 0.319 e. The monoisotopic (exact) mass is 409 g/mol. The second-order valence-corrected chi connectivity index (χ2v) is 6.87. The van der Waals surface area contributed by atoms with E-state index < -0.39 is 23.8 Å². The third-order valence-electron chi connectivity index (χ3n) is 4.16. The normalized spacial score (nSPS) is 14.3. The van der Waals surface area contributed by atoms with Crippen LogP contribution in [0.4, 0.5) is 19.3 Å². The highest BCUT2D eigenvalue weighted by Gasteiger charge is 2.25. The molecule has 9 heteroatoms. The number of benzene rings is 2. The Labute approximate surface area is 164 Å². The lowest BCUT2D eigenvalue weighted by molar-refractivity contribution is 0.0951. The van der Waals surface area contributed by atoms with Crippen LogP contribution in [0.5, 0.6) is 0 Å². The van der Waals surface area contributed by atoms with E-state index >= 15 is 0 Å². The zero-order valence-corrected chi connectivity index (χ0v) is 15.4. The lowest BCUT2D eigenvalue weighted by atomic mass is 10.1. The van der Waals surface area contributed by atoms with E-state index in [4.69, 9.17) is 11.6 Å². The highest BCUT2D eigenvalue weighted by molar-refractivity contribution is 6.34. The van der Waals surface area contributed by atoms with E-state index in [1.54, 1.807) is 0 Å². The Kier molecular flexibility index (Phi) is 6.11. The maximum absolute atomic E-state index is 13.6. The van der Waals surface area contributed by atoms with Crippen molar-refractivity contribution in [3.63, 3.8) is 0 Å². The Balaban J connectivity index is 1.57. The highest BCUT2D eigenvalue weighted by atomic mass is 35.5. The average molecular weight is 410 g/mol. The molecule has 28 heavy (non-hydrogen) atoms. The zero-order chi connectivity index (χ0) is 20.3. The number of nitrogens with one attached hydrogen (secondary N) is 3. The van der Waals surface area contributed by atoms with E-state index in [9.17, 15) is 23.5 Å². The average Bonchev–Trinajstić information content (AvgIpc) is 3.45. The van der Waals surface area contributed by atoms with Gasteiger partial charge in [0.1, 0.15) is 11.6 Å². The molecule has 0 bridgehead atoms. The number of aliphatic hydroxyl groups is 1. The van der Waals surface area contributed by atoms with Crippen molar-refractivity contribution in [1.82, 2.24) is 10.6 Å². The predicted octanol–water partition coefficient (Wildman–Crippen LogP) is 3.37. The third kappa shape index (κ3) is 5.17. The summed E-state index contributed by atoms with van der Waals surface area (Å²) in [6, 6.07) is 6.72. The largest absolute Gasteiger partial charge is 0.386 e. The molecule has 0 saturated heterocycles. The molecule has 1 saturated carbocycles. The summed E-state index contributed by atoms with van der Waals surface area (Å²) in [5.41, 5.74) is 0.428. The number of carbonyl (C=O) groups is 2. The van der Waals surface area contributed by atoms with E-state index in [1.807, 2.05) is 0 Å². The fourth-order valence-electron chi connectivity index (χ4n) is 2.51. The van der Waals surface area contributed by atoms with E-state index in [0.717, 1.165) is 25.0 Å². The van der Waals surface area contributed by atoms with E-state index in [2.05, 4.69) is 16.0 Å². The van der Waals surface area contributed by atoms with Gasteiger partial charge in [-0.3, -0.25) is 4.79 Å². The quantitative estimate of drug-likeness (QED) is 0.589. The highest BCUT2D eigenvalue weighted by Crippen LogP contribution is 2.24. The van der Waals surface area contributed by atoms with Crippen LogP contribution >= 0.6 is 11.6 Å². The van der Waals surface area contributed by atoms with Crippen molar-refractivity contribution in [3.8, 4) is 0 Å². The molecule has 1 aliphatic rings. The van der Waals surface area contributed by atoms with Crippen LogP contribution in [0.15, 0.2) is 36.4 Å². The number of carbonyl (C=O) groups excluding carboxylic acids is 2. The van der Waals surface area contributed by atoms with Crippen molar-refractivity contribution in [2.75, 3.05) is 11.9 Å². The van der Waals surface area contributed by atoms with Crippen molar-refractivity contribution >= 4 is 29.2 Å². The minimum atomic E-state index is -1.35. The molecule has 3 rings (SSSR count). The summed E-state index contributed by atoms with van der Waals surface area (Å²) >= 11 is 6.04. The van der Waals surface area contributed by atoms with Gasteiger partial charge in [-0.2, -0.15) is 0 Å². The molecule has 3 amide bonds. The van der Waals surface area contributed by atoms with Gasteiger partial charge in [0, 0.05) is 29.9 Å². The second-order valence-electron chi connectivity index (χ2n) is 6.46. The van der Waals surface area contributed by atoms with Crippen LogP contribution in [0.25, 0.3) is 0 Å². The molecular weight excluding hydrogens is 392 g/mol. The van der Waals surface area contributed by atoms with Crippen molar-refractivity contribution in [2.24, 2.45) is 0 Å². The number of halogens is 3. The van der Waals surface area contributed by atoms with Gasteiger partial charge < -0.3 is 21.1 Å². The summed E-state index contributed by atoms with van der Waals surface area (Å²) in [5, 5.41) is 17.9. The van der Waals surface area contributed by atoms with Crippen molar-refractivity contribution < 1.29 is 23.5 Å². The first-order valence-corrected chi connectivity index (χ1v) is 8.99. The van der Waals surface area contributed by atoms with Gasteiger partial charge in [0.05, 0.1) is 16.7 Å². The first kappa shape index (κ1) is 20.0. The second kappa shape index (κ2) is 8.53. The molecule has 1 aliphatic carbocycles. The number of rotatable bonds is 6. The fraction of sp³-hybridized carbons (Fsp3) is 0.263. The van der Waals surface area contributed by atoms with Gasteiger partial charge in [-0.15, -0.1) is 0 Å². The lowest BCUT2D eigenvalue weighted by Crippen LogP contribution is -2.32. The molecule has 2 aromatic rings. The van der Waals surface area contributed by atoms with Crippen LogP contribution in [0.3, 0.4) is 0 Å². The number of anilines is 1. The Morgan fingerprint density at radius 3 is 2.61 bits per heavy atom. The molecule has 1 fully saturated rings. The van der Waals surface area contributed by atoms with Gasteiger partial charge in [0.25, 0.3) is 5.91 Å². The van der Waals surface area contributed by atoms with Crippen molar-refractivity contribution in [1.29, 1.82) is 0 Å². The summed E-state index contributed by atoms with van der Waals surface area (Å²) in [7, 11) is 0. The van der Waals surface area contributed by atoms with E-state index in [1.165, 1.54) is 18.2 Å². The third-order valence-corrected chi connectivity index (χ3v) is 4.49.